The van der Waals surface area contributed by atoms with Gasteiger partial charge in [0.1, 0.15) is 5.02 Å². The molecule has 1 spiro atoms. The Hall–Kier alpha value is -5.55. The molecule has 5 aromatic rings. The maximum Gasteiger partial charge on any atom is 0.301 e. The first-order valence-electron chi connectivity index (χ1n) is 20.7. The Bertz CT molecular complexity index is 2700. The second-order valence-electron chi connectivity index (χ2n) is 17.8. The molecule has 15 nitrogen and oxygen atoms in total. The summed E-state index contributed by atoms with van der Waals surface area (Å²) < 4.78 is 45.4. The molecule has 2 saturated carbocycles. The van der Waals surface area contributed by atoms with E-state index in [-0.39, 0.29) is 40.6 Å². The zero-order chi connectivity index (χ0) is 42.6. The van der Waals surface area contributed by atoms with Gasteiger partial charge in [-0.15, -0.1) is 0 Å². The smallest absolute Gasteiger partial charge is 0.301 e. The number of piperidine rings is 1. The zero-order valence-electron chi connectivity index (χ0n) is 34.3. The first-order valence-corrected chi connectivity index (χ1v) is 21.1. The number of amides is 2. The summed E-state index contributed by atoms with van der Waals surface area (Å²) in [5, 5.41) is 19.0. The van der Waals surface area contributed by atoms with E-state index in [0.717, 1.165) is 48.9 Å². The molecule has 10 rings (SSSR count). The molecule has 2 aliphatic carbocycles. The fourth-order valence-electron chi connectivity index (χ4n) is 10.1. The van der Waals surface area contributed by atoms with Gasteiger partial charge in [-0.3, -0.25) is 24.4 Å². The number of anilines is 5. The molecular formula is C43H47ClF2N10O5. The highest BCUT2D eigenvalue weighted by molar-refractivity contribution is 6.33. The molecule has 2 aromatic carbocycles. The van der Waals surface area contributed by atoms with E-state index >= 15 is 8.78 Å². The average Bonchev–Trinajstić information content (AvgIpc) is 4.03. The van der Waals surface area contributed by atoms with E-state index in [2.05, 4.69) is 44.1 Å². The van der Waals surface area contributed by atoms with E-state index in [0.29, 0.717) is 64.8 Å². The molecule has 18 heteroatoms. The van der Waals surface area contributed by atoms with Crippen molar-refractivity contribution >= 4 is 74.0 Å². The summed E-state index contributed by atoms with van der Waals surface area (Å²) >= 11 is 6.65. The van der Waals surface area contributed by atoms with Crippen LogP contribution in [0, 0.1) is 11.3 Å². The lowest BCUT2D eigenvalue weighted by Gasteiger charge is -2.58. The number of rotatable bonds is 8. The van der Waals surface area contributed by atoms with Crippen LogP contribution in [0.5, 0.6) is 5.75 Å². The summed E-state index contributed by atoms with van der Waals surface area (Å²) in [6, 6.07) is 10.3. The highest BCUT2D eigenvalue weighted by Crippen LogP contribution is 2.51. The Morgan fingerprint density at radius 2 is 1.79 bits per heavy atom. The van der Waals surface area contributed by atoms with Gasteiger partial charge in [0.05, 0.1) is 52.2 Å². The minimum absolute atomic E-state index is 0.0152. The molecule has 3 aromatic heterocycles. The maximum absolute atomic E-state index is 15.2. The quantitative estimate of drug-likeness (QED) is 0.130. The molecule has 4 fully saturated rings. The van der Waals surface area contributed by atoms with Gasteiger partial charge in [-0.2, -0.15) is 10.1 Å². The number of carbonyl (C=O) groups excluding carboxylic acids is 2. The number of nitrogens with zero attached hydrogens (tertiary/aromatic N) is 6. The summed E-state index contributed by atoms with van der Waals surface area (Å²) in [6.45, 7) is 2.75. The van der Waals surface area contributed by atoms with E-state index in [1.807, 2.05) is 19.2 Å². The van der Waals surface area contributed by atoms with Crippen molar-refractivity contribution in [3.8, 4) is 5.75 Å². The maximum atomic E-state index is 15.2. The van der Waals surface area contributed by atoms with Crippen molar-refractivity contribution in [1.82, 2.24) is 29.6 Å². The van der Waals surface area contributed by atoms with Crippen molar-refractivity contribution in [2.45, 2.75) is 81.4 Å². The second kappa shape index (κ2) is 14.3. The number of nitrogens with one attached hydrogen (secondary N) is 4. The third-order valence-corrected chi connectivity index (χ3v) is 13.9. The monoisotopic (exact) mass is 856 g/mol. The number of halogens is 3. The van der Waals surface area contributed by atoms with Gasteiger partial charge in [0.2, 0.25) is 23.5 Å². The predicted octanol–water partition coefficient (Wildman–Crippen LogP) is 6.23. The van der Waals surface area contributed by atoms with Gasteiger partial charge < -0.3 is 34.9 Å². The summed E-state index contributed by atoms with van der Waals surface area (Å²) in [4.78, 5) is 49.2. The lowest BCUT2D eigenvalue weighted by atomic mass is 9.62. The predicted molar refractivity (Wildman–Crippen MR) is 227 cm³/mol. The minimum Gasteiger partial charge on any atom is -0.480 e. The number of ether oxygens (including phenoxy) is 2. The van der Waals surface area contributed by atoms with Crippen molar-refractivity contribution in [2.75, 3.05) is 47.7 Å². The van der Waals surface area contributed by atoms with Crippen LogP contribution in [-0.4, -0.2) is 86.5 Å². The van der Waals surface area contributed by atoms with Crippen LogP contribution in [0.15, 0.2) is 47.4 Å². The van der Waals surface area contributed by atoms with Gasteiger partial charge in [-0.05, 0) is 87.8 Å². The highest BCUT2D eigenvalue weighted by atomic mass is 35.5. The largest absolute Gasteiger partial charge is 0.480 e. The molecule has 1 unspecified atom stereocenters. The van der Waals surface area contributed by atoms with Crippen LogP contribution in [0.3, 0.4) is 0 Å². The topological polar surface area (TPSA) is 170 Å². The Morgan fingerprint density at radius 3 is 2.54 bits per heavy atom. The van der Waals surface area contributed by atoms with Crippen LogP contribution < -0.4 is 36.5 Å². The molecule has 61 heavy (non-hydrogen) atoms. The number of pyridine rings is 1. The van der Waals surface area contributed by atoms with Gasteiger partial charge in [0, 0.05) is 68.3 Å². The minimum atomic E-state index is -3.14. The number of methoxy groups -OCH3 is 1. The van der Waals surface area contributed by atoms with Gasteiger partial charge in [0.15, 0.2) is 12.4 Å². The van der Waals surface area contributed by atoms with Crippen LogP contribution in [0.4, 0.5) is 37.6 Å². The summed E-state index contributed by atoms with van der Waals surface area (Å²) in [5.74, 6) is -3.57. The van der Waals surface area contributed by atoms with E-state index < -0.39 is 35.6 Å². The standard InChI is InChI=1S/C43H47ClF2N10O5/c1-41(60-4)18-42(14-13-31(41)48-24-7-9-25-30(16-24)55(3)53-33(25)26-10-12-32(57)50-38(26)58)19-56(20-42)40-47-17-28(44)37(52-40)49-23-8-11-29-27(15-23)34-35(39(59)54(29)2)61-21-43(45,46)36(51-34)22-5-6-22/h7-9,11,15-17,22,26,31,36,48,51H,5-6,10,12-14,18-21H2,1-4H3,(H,47,49,52)(H,50,57,58)/t26?,31-,36+,41+/m1/s1. The number of aromatic nitrogens is 5. The average molecular weight is 857 g/mol. The Balaban J connectivity index is 0.837. The van der Waals surface area contributed by atoms with Crippen LogP contribution in [0.2, 0.25) is 5.02 Å². The molecule has 3 aliphatic heterocycles. The molecule has 4 N–H and O–H groups in total. The Morgan fingerprint density at radius 1 is 1.00 bits per heavy atom. The molecule has 5 aliphatic rings. The number of carbonyl (C=O) groups is 2. The molecule has 320 valence electrons. The molecule has 2 amide bonds. The number of alkyl halides is 2. The lowest BCUT2D eigenvalue weighted by molar-refractivity contribution is -0.134. The SMILES string of the molecule is CO[C@@]1(C)CC2(CC[C@H]1Nc1ccc3c(C4CCC(=O)NC4=O)nn(C)c3c1)CN(c1ncc(Cl)c(Nc3ccc4c(c3)c3c(c(=O)n4C)OCC(F)(F)[C@H](C4CC4)N3)n1)C2. The summed E-state index contributed by atoms with van der Waals surface area (Å²) in [7, 11) is 5.22. The van der Waals surface area contributed by atoms with E-state index in [1.54, 1.807) is 43.2 Å². The third-order valence-electron chi connectivity index (χ3n) is 13.6. The van der Waals surface area contributed by atoms with Gasteiger partial charge in [-0.25, -0.2) is 13.8 Å². The molecular weight excluding hydrogens is 810 g/mol. The number of hydrogen-bond acceptors (Lipinski definition) is 12. The molecule has 0 radical (unpaired) electrons. The first-order chi connectivity index (χ1) is 29.1. The van der Waals surface area contributed by atoms with E-state index in [1.165, 1.54) is 4.57 Å². The van der Waals surface area contributed by atoms with Crippen LogP contribution in [-0.2, 0) is 28.4 Å². The second-order valence-corrected chi connectivity index (χ2v) is 18.2. The van der Waals surface area contributed by atoms with Crippen molar-refractivity contribution in [2.24, 2.45) is 25.4 Å². The van der Waals surface area contributed by atoms with Gasteiger partial charge in [-0.1, -0.05) is 11.6 Å². The zero-order valence-corrected chi connectivity index (χ0v) is 35.0. The lowest BCUT2D eigenvalue weighted by Crippen LogP contribution is -2.65. The highest BCUT2D eigenvalue weighted by Gasteiger charge is 2.54. The van der Waals surface area contributed by atoms with Crippen molar-refractivity contribution in [3.05, 3.63) is 63.7 Å². The Kier molecular flexibility index (Phi) is 9.25. The van der Waals surface area contributed by atoms with E-state index in [9.17, 15) is 14.4 Å². The fraction of sp³-hybridized carbons (Fsp3) is 0.488. The third kappa shape index (κ3) is 6.80. The molecule has 2 saturated heterocycles. The number of imide groups is 1. The number of fused-ring (bicyclic) bond motifs is 4. The first kappa shape index (κ1) is 39.6. The van der Waals surface area contributed by atoms with Crippen molar-refractivity contribution in [1.29, 1.82) is 0 Å². The van der Waals surface area contributed by atoms with Gasteiger partial charge in [0.25, 0.3) is 5.56 Å². The van der Waals surface area contributed by atoms with E-state index in [4.69, 9.17) is 31.2 Å². The molecule has 4 atom stereocenters. The summed E-state index contributed by atoms with van der Waals surface area (Å²) in [6.07, 6.45) is 6.32. The Labute approximate surface area is 354 Å². The number of hydrogen-bond donors (Lipinski definition) is 4. The summed E-state index contributed by atoms with van der Waals surface area (Å²) in [5.41, 5.74) is 2.94. The number of benzene rings is 2. The normalized spacial score (nSPS) is 25.6. The fourth-order valence-corrected chi connectivity index (χ4v) is 10.3. The van der Waals surface area contributed by atoms with Crippen molar-refractivity contribution in [3.63, 3.8) is 0 Å². The van der Waals surface area contributed by atoms with Crippen LogP contribution in [0.25, 0.3) is 21.8 Å². The van der Waals surface area contributed by atoms with Crippen LogP contribution >= 0.6 is 11.6 Å². The molecule has 0 bridgehead atoms. The molecule has 6 heterocycles. The van der Waals surface area contributed by atoms with Gasteiger partial charge >= 0.3 is 5.92 Å². The van der Waals surface area contributed by atoms with Crippen molar-refractivity contribution < 1.29 is 27.8 Å². The number of aryl methyl sites for hydroxylation is 2. The van der Waals surface area contributed by atoms with Crippen LogP contribution in [0.1, 0.15) is 63.5 Å².